The number of urea groups is 1. The van der Waals surface area contributed by atoms with E-state index in [0.717, 1.165) is 24.3 Å². The first-order chi connectivity index (χ1) is 15.9. The predicted octanol–water partition coefficient (Wildman–Crippen LogP) is 0.687. The average Bonchev–Trinajstić information content (AvgIpc) is 3.19. The Morgan fingerprint density at radius 1 is 1.36 bits per heavy atom. The van der Waals surface area contributed by atoms with Crippen molar-refractivity contribution in [2.75, 3.05) is 26.7 Å². The molecule has 1 unspecified atom stereocenters. The van der Waals surface area contributed by atoms with E-state index in [-0.39, 0.29) is 30.3 Å². The first-order valence-electron chi connectivity index (χ1n) is 10.8. The molecule has 170 valence electrons. The average molecular weight is 450 g/mol. The zero-order valence-corrected chi connectivity index (χ0v) is 18.6. The number of nitriles is 1. The molecule has 0 aliphatic carbocycles. The van der Waals surface area contributed by atoms with Crippen molar-refractivity contribution in [3.8, 4) is 17.9 Å². The van der Waals surface area contributed by atoms with Gasteiger partial charge in [0.05, 0.1) is 25.2 Å². The maximum atomic E-state index is 14.1. The summed E-state index contributed by atoms with van der Waals surface area (Å²) in [5.41, 5.74) is 6.24. The Bertz CT molecular complexity index is 1170. The lowest BCUT2D eigenvalue weighted by Gasteiger charge is -2.35. The summed E-state index contributed by atoms with van der Waals surface area (Å²) in [6.45, 7) is 3.09. The summed E-state index contributed by atoms with van der Waals surface area (Å²) in [6.07, 6.45) is 1.82. The molecule has 3 amide bonds. The minimum Gasteiger partial charge on any atom is -0.325 e. The van der Waals surface area contributed by atoms with Gasteiger partial charge in [-0.1, -0.05) is 23.0 Å². The van der Waals surface area contributed by atoms with Gasteiger partial charge in [0.2, 0.25) is 11.9 Å². The fourth-order valence-electron chi connectivity index (χ4n) is 4.42. The number of aliphatic imine (C=N–C) groups is 1. The maximum Gasteiger partial charge on any atom is 0.393 e. The lowest BCUT2D eigenvalue weighted by molar-refractivity contribution is -0.544. The Kier molecular flexibility index (Phi) is 6.12. The van der Waals surface area contributed by atoms with Crippen LogP contribution in [0.1, 0.15) is 30.9 Å². The van der Waals surface area contributed by atoms with Crippen molar-refractivity contribution >= 4 is 23.7 Å². The molecule has 2 atom stereocenters. The van der Waals surface area contributed by atoms with Gasteiger partial charge < -0.3 is 5.73 Å². The Hall–Kier alpha value is -3.76. The van der Waals surface area contributed by atoms with Crippen LogP contribution in [-0.4, -0.2) is 81.8 Å². The number of guanidine groups is 1. The summed E-state index contributed by atoms with van der Waals surface area (Å²) in [6, 6.07) is 4.54. The lowest BCUT2D eigenvalue weighted by atomic mass is 10.1. The van der Waals surface area contributed by atoms with Gasteiger partial charge in [-0.2, -0.15) is 5.26 Å². The first-order valence-corrected chi connectivity index (χ1v) is 10.8. The highest BCUT2D eigenvalue weighted by molar-refractivity contribution is 6.25. The number of piperidine rings is 1. The molecule has 9 nitrogen and oxygen atoms in total. The van der Waals surface area contributed by atoms with Crippen molar-refractivity contribution in [3.63, 3.8) is 0 Å². The fraction of sp³-hybridized carbons (Fsp3) is 0.435. The number of carbonyl (C=O) groups excluding carboxylic acids is 2. The smallest absolute Gasteiger partial charge is 0.325 e. The SMILES string of the molecule is CC#CCN1C(=[N+]2CCC[C@@H](N)C2)N=C2C1C(=O)N(Cc1cccc(F)c1C#N)C(=O)N2C. The molecule has 10 heteroatoms. The van der Waals surface area contributed by atoms with Crippen molar-refractivity contribution in [2.24, 2.45) is 10.7 Å². The summed E-state index contributed by atoms with van der Waals surface area (Å²) >= 11 is 0. The Labute approximate surface area is 191 Å². The van der Waals surface area contributed by atoms with E-state index in [9.17, 15) is 19.2 Å². The van der Waals surface area contributed by atoms with Gasteiger partial charge in [0, 0.05) is 13.1 Å². The number of hydrogen-bond acceptors (Lipinski definition) is 4. The van der Waals surface area contributed by atoms with E-state index in [2.05, 4.69) is 16.8 Å². The summed E-state index contributed by atoms with van der Waals surface area (Å²) < 4.78 is 16.1. The number of nitrogens with two attached hydrogens (primary N) is 1. The molecule has 0 radical (unpaired) electrons. The third-order valence-corrected chi connectivity index (χ3v) is 6.10. The van der Waals surface area contributed by atoms with E-state index in [1.165, 1.54) is 23.1 Å². The Morgan fingerprint density at radius 3 is 2.85 bits per heavy atom. The minimum atomic E-state index is -0.846. The maximum absolute atomic E-state index is 14.1. The monoisotopic (exact) mass is 450 g/mol. The quantitative estimate of drug-likeness (QED) is 0.538. The number of imide groups is 1. The van der Waals surface area contributed by atoms with E-state index in [0.29, 0.717) is 18.3 Å². The molecule has 2 saturated heterocycles. The van der Waals surface area contributed by atoms with Gasteiger partial charge in [-0.3, -0.25) is 19.2 Å². The molecule has 4 rings (SSSR count). The zero-order chi connectivity index (χ0) is 23.7. The second-order valence-electron chi connectivity index (χ2n) is 8.23. The number of fused-ring (bicyclic) bond motifs is 1. The molecule has 0 spiro atoms. The third-order valence-electron chi connectivity index (χ3n) is 6.10. The van der Waals surface area contributed by atoms with Crippen LogP contribution in [0.4, 0.5) is 9.18 Å². The van der Waals surface area contributed by atoms with Crippen molar-refractivity contribution in [2.45, 2.75) is 38.4 Å². The lowest BCUT2D eigenvalue weighted by Crippen LogP contribution is -2.63. The van der Waals surface area contributed by atoms with E-state index in [1.807, 2.05) is 10.6 Å². The van der Waals surface area contributed by atoms with Crippen molar-refractivity contribution in [1.82, 2.24) is 14.7 Å². The fourth-order valence-corrected chi connectivity index (χ4v) is 4.42. The molecule has 0 aromatic heterocycles. The molecule has 1 aromatic carbocycles. The summed E-state index contributed by atoms with van der Waals surface area (Å²) in [7, 11) is 1.55. The second kappa shape index (κ2) is 9.00. The van der Waals surface area contributed by atoms with E-state index >= 15 is 0 Å². The topological polar surface area (TPSA) is 109 Å². The molecule has 2 fully saturated rings. The number of rotatable bonds is 3. The minimum absolute atomic E-state index is 0.00266. The van der Waals surface area contributed by atoms with Gasteiger partial charge >= 0.3 is 12.0 Å². The highest BCUT2D eigenvalue weighted by Crippen LogP contribution is 2.26. The molecule has 33 heavy (non-hydrogen) atoms. The molecule has 2 N–H and O–H groups in total. The highest BCUT2D eigenvalue weighted by Gasteiger charge is 2.56. The number of amides is 3. The van der Waals surface area contributed by atoms with Crippen molar-refractivity contribution in [3.05, 3.63) is 35.1 Å². The summed E-state index contributed by atoms with van der Waals surface area (Å²) in [4.78, 5) is 35.5. The van der Waals surface area contributed by atoms with Crippen LogP contribution in [0.25, 0.3) is 0 Å². The van der Waals surface area contributed by atoms with Gasteiger partial charge in [0.1, 0.15) is 18.4 Å². The summed E-state index contributed by atoms with van der Waals surface area (Å²) in [5.74, 6) is 5.57. The number of benzene rings is 1. The van der Waals surface area contributed by atoms with Crippen LogP contribution in [-0.2, 0) is 11.3 Å². The van der Waals surface area contributed by atoms with Gasteiger partial charge in [-0.05, 0) is 31.4 Å². The van der Waals surface area contributed by atoms with E-state index in [1.54, 1.807) is 18.9 Å². The van der Waals surface area contributed by atoms with Crippen LogP contribution in [0.5, 0.6) is 0 Å². The second-order valence-corrected chi connectivity index (χ2v) is 8.23. The van der Waals surface area contributed by atoms with Gasteiger partial charge in [0.15, 0.2) is 0 Å². The predicted molar refractivity (Wildman–Crippen MR) is 118 cm³/mol. The molecule has 1 aromatic rings. The molecular formula is C23H25FN7O2+. The summed E-state index contributed by atoms with van der Waals surface area (Å²) in [5, 5.41) is 9.35. The largest absolute Gasteiger partial charge is 0.393 e. The number of nitrogens with zero attached hydrogens (tertiary/aromatic N) is 6. The van der Waals surface area contributed by atoms with Crippen molar-refractivity contribution < 1.29 is 18.6 Å². The molecule has 0 bridgehead atoms. The van der Waals surface area contributed by atoms with Crippen LogP contribution in [0.15, 0.2) is 23.2 Å². The molecule has 3 aliphatic rings. The number of likely N-dealkylation sites (N-methyl/N-ethyl adjacent to an activating group) is 1. The van der Waals surface area contributed by atoms with Crippen molar-refractivity contribution in [1.29, 1.82) is 5.26 Å². The Morgan fingerprint density at radius 2 is 2.15 bits per heavy atom. The normalized spacial score (nSPS) is 24.8. The standard InChI is InChI=1S/C23H25FN7O2/c1-3-4-11-30-19-20(27-22(30)29-10-6-8-16(26)14-29)28(2)23(33)31(21(19)32)13-15-7-5-9-18(24)17(15)12-25/h5,7,9,16,19H,6,8,10-11,13-14,26H2,1-2H3/q+1/t16-,19?/m1/s1. The highest BCUT2D eigenvalue weighted by atomic mass is 19.1. The van der Waals surface area contributed by atoms with Gasteiger partial charge in [0.25, 0.3) is 5.91 Å². The number of halogens is 1. The van der Waals surface area contributed by atoms with Gasteiger partial charge in [-0.15, -0.1) is 5.92 Å². The third kappa shape index (κ3) is 3.94. The Balaban J connectivity index is 1.73. The van der Waals surface area contributed by atoms with Crippen LogP contribution in [0.2, 0.25) is 0 Å². The van der Waals surface area contributed by atoms with Crippen LogP contribution < -0.4 is 5.73 Å². The van der Waals surface area contributed by atoms with E-state index in [4.69, 9.17) is 5.73 Å². The first kappa shape index (κ1) is 22.4. The number of hydrogen-bond donors (Lipinski definition) is 1. The molecule has 3 heterocycles. The van der Waals surface area contributed by atoms with Crippen LogP contribution >= 0.6 is 0 Å². The van der Waals surface area contributed by atoms with Crippen LogP contribution in [0.3, 0.4) is 0 Å². The number of carbonyl (C=O) groups is 2. The molecule has 3 aliphatic heterocycles. The van der Waals surface area contributed by atoms with Gasteiger partial charge in [-0.25, -0.2) is 14.1 Å². The molecule has 0 saturated carbocycles. The van der Waals surface area contributed by atoms with E-state index < -0.39 is 23.8 Å². The number of amidine groups is 1. The molecular weight excluding hydrogens is 425 g/mol. The zero-order valence-electron chi connectivity index (χ0n) is 18.6. The van der Waals surface area contributed by atoms with Crippen LogP contribution in [0, 0.1) is 29.0 Å².